The van der Waals surface area contributed by atoms with Crippen LogP contribution in [0.1, 0.15) is 10.4 Å². The number of H-pyrrole nitrogens is 2. The monoisotopic (exact) mass is 382 g/mol. The molecule has 0 aliphatic heterocycles. The number of fused-ring (bicyclic) bond motifs is 1. The van der Waals surface area contributed by atoms with E-state index in [4.69, 9.17) is 0 Å². The first kappa shape index (κ1) is 12.4. The van der Waals surface area contributed by atoms with Gasteiger partial charge in [-0.15, -0.1) is 0 Å². The summed E-state index contributed by atoms with van der Waals surface area (Å²) in [6.07, 6.45) is 4.92. The van der Waals surface area contributed by atoms with Crippen LogP contribution in [0.4, 0.5) is 5.95 Å². The van der Waals surface area contributed by atoms with Crippen molar-refractivity contribution >= 4 is 54.6 Å². The number of hydrogen-bond donors (Lipinski definition) is 3. The smallest absolute Gasteiger partial charge is 0.260 e. The molecule has 3 N–H and O–H groups in total. The molecular formula is C12H8Br2N4O. The molecule has 3 aromatic rings. The Morgan fingerprint density at radius 2 is 2.00 bits per heavy atom. The van der Waals surface area contributed by atoms with Gasteiger partial charge in [0.15, 0.2) is 0 Å². The van der Waals surface area contributed by atoms with Gasteiger partial charge in [0.1, 0.15) is 0 Å². The van der Waals surface area contributed by atoms with Crippen molar-refractivity contribution in [2.24, 2.45) is 0 Å². The summed E-state index contributed by atoms with van der Waals surface area (Å²) in [7, 11) is 0. The van der Waals surface area contributed by atoms with Crippen LogP contribution in [-0.2, 0) is 0 Å². The van der Waals surface area contributed by atoms with Crippen LogP contribution in [0.3, 0.4) is 0 Å². The number of carbonyl (C=O) groups is 1. The number of anilines is 1. The van der Waals surface area contributed by atoms with Crippen LogP contribution in [0.15, 0.2) is 39.7 Å². The van der Waals surface area contributed by atoms with E-state index in [9.17, 15) is 4.79 Å². The zero-order valence-corrected chi connectivity index (χ0v) is 12.7. The van der Waals surface area contributed by atoms with Gasteiger partial charge < -0.3 is 9.97 Å². The zero-order valence-electron chi connectivity index (χ0n) is 9.50. The number of nitrogens with zero attached hydrogens (tertiary/aromatic N) is 1. The Morgan fingerprint density at radius 3 is 2.74 bits per heavy atom. The molecule has 1 aromatic carbocycles. The minimum Gasteiger partial charge on any atom is -0.360 e. The molecule has 0 aliphatic carbocycles. The highest BCUT2D eigenvalue weighted by Gasteiger charge is 2.14. The lowest BCUT2D eigenvalue weighted by Crippen LogP contribution is -2.12. The highest BCUT2D eigenvalue weighted by atomic mass is 79.9. The van der Waals surface area contributed by atoms with Crippen molar-refractivity contribution < 1.29 is 4.79 Å². The van der Waals surface area contributed by atoms with Crippen LogP contribution < -0.4 is 5.32 Å². The van der Waals surface area contributed by atoms with Crippen molar-refractivity contribution in [2.75, 3.05) is 5.32 Å². The van der Waals surface area contributed by atoms with E-state index in [2.05, 4.69) is 52.1 Å². The number of aromatic nitrogens is 3. The molecule has 19 heavy (non-hydrogen) atoms. The number of aromatic amines is 2. The molecule has 3 rings (SSSR count). The van der Waals surface area contributed by atoms with Gasteiger partial charge in [0, 0.05) is 38.4 Å². The minimum absolute atomic E-state index is 0.213. The third kappa shape index (κ3) is 2.31. The SMILES string of the molecule is O=C(Nc1ncc[nH]1)c1c[nH]c2cc(Br)c(Br)cc12. The predicted molar refractivity (Wildman–Crippen MR) is 80.2 cm³/mol. The predicted octanol–water partition coefficient (Wildman–Crippen LogP) is 3.67. The van der Waals surface area contributed by atoms with Gasteiger partial charge in [0.25, 0.3) is 5.91 Å². The Kier molecular flexibility index (Phi) is 3.16. The standard InChI is InChI=1S/C12H8Br2N4O/c13-8-3-6-7(5-17-10(6)4-9(8)14)11(19)18-12-15-1-2-16-12/h1-5,17H,(H2,15,16,18,19). The maximum absolute atomic E-state index is 12.2. The first-order valence-corrected chi connectivity index (χ1v) is 7.00. The number of halogens is 2. The molecule has 0 unspecified atom stereocenters. The lowest BCUT2D eigenvalue weighted by atomic mass is 10.1. The second-order valence-electron chi connectivity index (χ2n) is 3.91. The van der Waals surface area contributed by atoms with Gasteiger partial charge in [-0.3, -0.25) is 10.1 Å². The Hall–Kier alpha value is -1.60. The highest BCUT2D eigenvalue weighted by Crippen LogP contribution is 2.30. The van der Waals surface area contributed by atoms with Gasteiger partial charge >= 0.3 is 0 Å². The van der Waals surface area contributed by atoms with Gasteiger partial charge in [-0.25, -0.2) is 4.98 Å². The average Bonchev–Trinajstić information content (AvgIpc) is 2.99. The third-order valence-corrected chi connectivity index (χ3v) is 4.54. The maximum Gasteiger partial charge on any atom is 0.260 e. The molecule has 0 radical (unpaired) electrons. The Morgan fingerprint density at radius 1 is 1.21 bits per heavy atom. The van der Waals surface area contributed by atoms with Crippen LogP contribution in [0.2, 0.25) is 0 Å². The second kappa shape index (κ2) is 4.82. The Balaban J connectivity index is 2.01. The fourth-order valence-corrected chi connectivity index (χ4v) is 2.50. The van der Waals surface area contributed by atoms with Gasteiger partial charge in [-0.1, -0.05) is 0 Å². The molecule has 0 aliphatic rings. The van der Waals surface area contributed by atoms with E-state index in [1.807, 2.05) is 12.1 Å². The largest absolute Gasteiger partial charge is 0.360 e. The number of hydrogen-bond acceptors (Lipinski definition) is 2. The quantitative estimate of drug-likeness (QED) is 0.631. The summed E-state index contributed by atoms with van der Waals surface area (Å²) < 4.78 is 1.83. The van der Waals surface area contributed by atoms with E-state index in [0.717, 1.165) is 19.8 Å². The molecule has 0 fully saturated rings. The van der Waals surface area contributed by atoms with Gasteiger partial charge in [-0.2, -0.15) is 0 Å². The Labute approximate surface area is 125 Å². The summed E-state index contributed by atoms with van der Waals surface area (Å²) in [5.74, 6) is 0.214. The van der Waals surface area contributed by atoms with E-state index in [1.165, 1.54) is 0 Å². The van der Waals surface area contributed by atoms with E-state index in [1.54, 1.807) is 18.6 Å². The van der Waals surface area contributed by atoms with Crippen molar-refractivity contribution in [3.8, 4) is 0 Å². The van der Waals surface area contributed by atoms with Crippen molar-refractivity contribution in [3.63, 3.8) is 0 Å². The Bertz CT molecular complexity index is 749. The van der Waals surface area contributed by atoms with E-state index in [-0.39, 0.29) is 5.91 Å². The fraction of sp³-hybridized carbons (Fsp3) is 0. The third-order valence-electron chi connectivity index (χ3n) is 2.70. The van der Waals surface area contributed by atoms with Gasteiger partial charge in [0.2, 0.25) is 5.95 Å². The van der Waals surface area contributed by atoms with Crippen molar-refractivity contribution in [3.05, 3.63) is 45.2 Å². The summed E-state index contributed by atoms with van der Waals surface area (Å²) in [5.41, 5.74) is 1.46. The van der Waals surface area contributed by atoms with Crippen LogP contribution in [-0.4, -0.2) is 20.9 Å². The van der Waals surface area contributed by atoms with Gasteiger partial charge in [0.05, 0.1) is 5.56 Å². The maximum atomic E-state index is 12.2. The summed E-state index contributed by atoms with van der Waals surface area (Å²) in [6, 6.07) is 3.82. The van der Waals surface area contributed by atoms with Crippen molar-refractivity contribution in [2.45, 2.75) is 0 Å². The first-order chi connectivity index (χ1) is 9.15. The highest BCUT2D eigenvalue weighted by molar-refractivity contribution is 9.13. The lowest BCUT2D eigenvalue weighted by Gasteiger charge is -2.01. The molecule has 1 amide bonds. The number of benzene rings is 1. The molecule has 2 aromatic heterocycles. The minimum atomic E-state index is -0.213. The molecule has 96 valence electrons. The molecule has 0 saturated heterocycles. The fourth-order valence-electron chi connectivity index (χ4n) is 1.81. The van der Waals surface area contributed by atoms with Crippen LogP contribution >= 0.6 is 31.9 Å². The van der Waals surface area contributed by atoms with E-state index in [0.29, 0.717) is 11.5 Å². The molecule has 0 atom stereocenters. The second-order valence-corrected chi connectivity index (χ2v) is 5.61. The summed E-state index contributed by atoms with van der Waals surface area (Å²) in [6.45, 7) is 0. The molecule has 5 nitrogen and oxygen atoms in total. The average molecular weight is 384 g/mol. The van der Waals surface area contributed by atoms with Crippen LogP contribution in [0.25, 0.3) is 10.9 Å². The van der Waals surface area contributed by atoms with Crippen LogP contribution in [0, 0.1) is 0 Å². The first-order valence-electron chi connectivity index (χ1n) is 5.42. The van der Waals surface area contributed by atoms with Crippen molar-refractivity contribution in [1.29, 1.82) is 0 Å². The lowest BCUT2D eigenvalue weighted by molar-refractivity contribution is 0.102. The summed E-state index contributed by atoms with van der Waals surface area (Å²) >= 11 is 6.86. The molecule has 2 heterocycles. The van der Waals surface area contributed by atoms with E-state index >= 15 is 0 Å². The number of amides is 1. The number of rotatable bonds is 2. The normalized spacial score (nSPS) is 10.8. The molecule has 7 heteroatoms. The van der Waals surface area contributed by atoms with Crippen LogP contribution in [0.5, 0.6) is 0 Å². The summed E-state index contributed by atoms with van der Waals surface area (Å²) in [5, 5.41) is 3.54. The topological polar surface area (TPSA) is 73.6 Å². The zero-order chi connectivity index (χ0) is 13.4. The number of carbonyl (C=O) groups excluding carboxylic acids is 1. The van der Waals surface area contributed by atoms with Crippen molar-refractivity contribution in [1.82, 2.24) is 15.0 Å². The van der Waals surface area contributed by atoms with E-state index < -0.39 is 0 Å². The molecular weight excluding hydrogens is 376 g/mol. The van der Waals surface area contributed by atoms with Gasteiger partial charge in [-0.05, 0) is 44.0 Å². The number of imidazole rings is 1. The number of nitrogens with one attached hydrogen (secondary N) is 3. The molecule has 0 spiro atoms. The summed E-state index contributed by atoms with van der Waals surface area (Å²) in [4.78, 5) is 22.0. The molecule has 0 saturated carbocycles. The molecule has 0 bridgehead atoms.